The number of nitrogens with zero attached hydrogens (tertiary/aromatic N) is 1. The average molecular weight is 304 g/mol. The molecule has 0 bridgehead atoms. The summed E-state index contributed by atoms with van der Waals surface area (Å²) >= 11 is 0. The number of piperidine rings is 1. The third-order valence-electron chi connectivity index (χ3n) is 4.26. The van der Waals surface area contributed by atoms with Gasteiger partial charge in [-0.05, 0) is 36.8 Å². The Labute approximate surface area is 133 Å². The fraction of sp³-hybridized carbons (Fsp3) is 0.611. The molecule has 0 saturated carbocycles. The molecular formula is C18H28N2O2. The summed E-state index contributed by atoms with van der Waals surface area (Å²) in [7, 11) is 0. The molecule has 0 aromatic heterocycles. The van der Waals surface area contributed by atoms with Gasteiger partial charge in [-0.15, -0.1) is 0 Å². The molecule has 1 saturated heterocycles. The van der Waals surface area contributed by atoms with E-state index in [0.717, 1.165) is 37.9 Å². The van der Waals surface area contributed by atoms with Gasteiger partial charge in [0.25, 0.3) is 5.91 Å². The molecule has 122 valence electrons. The molecule has 2 rings (SSSR count). The Kier molecular flexibility index (Phi) is 6.40. The first kappa shape index (κ1) is 17.0. The molecule has 0 radical (unpaired) electrons. The van der Waals surface area contributed by atoms with Gasteiger partial charge in [-0.3, -0.25) is 4.79 Å². The fourth-order valence-corrected chi connectivity index (χ4v) is 3.37. The largest absolute Gasteiger partial charge is 0.378 e. The minimum atomic E-state index is -1.07. The van der Waals surface area contributed by atoms with Crippen LogP contribution in [0.3, 0.4) is 0 Å². The highest BCUT2D eigenvalue weighted by Gasteiger charge is 2.21. The van der Waals surface area contributed by atoms with Crippen molar-refractivity contribution in [2.45, 2.75) is 32.8 Å². The summed E-state index contributed by atoms with van der Waals surface area (Å²) in [6, 6.07) is 9.05. The molecule has 0 spiro atoms. The predicted octanol–water partition coefficient (Wildman–Crippen LogP) is 2.20. The first-order valence-electron chi connectivity index (χ1n) is 8.29. The van der Waals surface area contributed by atoms with Crippen LogP contribution in [0.5, 0.6) is 0 Å². The van der Waals surface area contributed by atoms with Crippen LogP contribution in [-0.2, 0) is 4.79 Å². The van der Waals surface area contributed by atoms with Crippen LogP contribution in [0, 0.1) is 11.8 Å². The monoisotopic (exact) mass is 304 g/mol. The van der Waals surface area contributed by atoms with Crippen LogP contribution in [0.15, 0.2) is 30.3 Å². The van der Waals surface area contributed by atoms with Crippen LogP contribution >= 0.6 is 0 Å². The number of amides is 1. The molecule has 1 heterocycles. The van der Waals surface area contributed by atoms with Crippen molar-refractivity contribution in [3.8, 4) is 0 Å². The maximum absolute atomic E-state index is 11.9. The van der Waals surface area contributed by atoms with E-state index in [1.807, 2.05) is 18.2 Å². The maximum atomic E-state index is 11.9. The molecule has 1 aromatic carbocycles. The summed E-state index contributed by atoms with van der Waals surface area (Å²) in [5.74, 6) is 1.21. The molecular weight excluding hydrogens is 276 g/mol. The van der Waals surface area contributed by atoms with E-state index >= 15 is 0 Å². The minimum absolute atomic E-state index is 0.313. The third-order valence-corrected chi connectivity index (χ3v) is 4.26. The van der Waals surface area contributed by atoms with Gasteiger partial charge in [0, 0.05) is 19.6 Å². The average Bonchev–Trinajstić information content (AvgIpc) is 2.50. The molecule has 3 atom stereocenters. The molecule has 0 aliphatic carbocycles. The minimum Gasteiger partial charge on any atom is -0.378 e. The summed E-state index contributed by atoms with van der Waals surface area (Å²) in [4.78, 5) is 14.4. The van der Waals surface area contributed by atoms with Crippen molar-refractivity contribution < 1.29 is 9.90 Å². The number of benzene rings is 1. The lowest BCUT2D eigenvalue weighted by atomic mass is 9.92. The second-order valence-electron chi connectivity index (χ2n) is 6.66. The first-order valence-corrected chi connectivity index (χ1v) is 8.29. The summed E-state index contributed by atoms with van der Waals surface area (Å²) in [6.07, 6.45) is 1.17. The van der Waals surface area contributed by atoms with Gasteiger partial charge in [-0.2, -0.15) is 0 Å². The molecule has 1 aliphatic rings. The van der Waals surface area contributed by atoms with Crippen LogP contribution in [-0.4, -0.2) is 42.1 Å². The van der Waals surface area contributed by atoms with Crippen molar-refractivity contribution in [2.24, 2.45) is 11.8 Å². The van der Waals surface area contributed by atoms with E-state index in [2.05, 4.69) is 24.1 Å². The normalized spacial score (nSPS) is 24.0. The molecule has 2 N–H and O–H groups in total. The van der Waals surface area contributed by atoms with Crippen molar-refractivity contribution in [2.75, 3.05) is 26.2 Å². The predicted molar refractivity (Wildman–Crippen MR) is 88.4 cm³/mol. The zero-order valence-electron chi connectivity index (χ0n) is 13.7. The van der Waals surface area contributed by atoms with Crippen LogP contribution in [0.2, 0.25) is 0 Å². The number of hydrogen-bond donors (Lipinski definition) is 2. The molecule has 1 aliphatic heterocycles. The first-order chi connectivity index (χ1) is 10.6. The Morgan fingerprint density at radius 2 is 1.91 bits per heavy atom. The summed E-state index contributed by atoms with van der Waals surface area (Å²) in [5.41, 5.74) is 0.638. The highest BCUT2D eigenvalue weighted by atomic mass is 16.3. The topological polar surface area (TPSA) is 52.6 Å². The number of carbonyl (C=O) groups is 1. The van der Waals surface area contributed by atoms with Gasteiger partial charge < -0.3 is 15.3 Å². The van der Waals surface area contributed by atoms with Crippen molar-refractivity contribution in [1.29, 1.82) is 0 Å². The maximum Gasteiger partial charge on any atom is 0.253 e. The zero-order chi connectivity index (χ0) is 15.9. The number of likely N-dealkylation sites (tertiary alicyclic amines) is 1. The number of carbonyl (C=O) groups excluding carboxylic acids is 1. The quantitative estimate of drug-likeness (QED) is 0.792. The molecule has 4 nitrogen and oxygen atoms in total. The third kappa shape index (κ3) is 5.11. The number of aliphatic hydroxyl groups is 1. The SMILES string of the molecule is CC1CC(C)CN(CCCNC(=O)C(O)c2ccccc2)C1. The number of hydrogen-bond acceptors (Lipinski definition) is 3. The number of nitrogens with one attached hydrogen (secondary N) is 1. The lowest BCUT2D eigenvalue weighted by Crippen LogP contribution is -2.40. The van der Waals surface area contributed by atoms with Crippen LogP contribution in [0.1, 0.15) is 38.4 Å². The summed E-state index contributed by atoms with van der Waals surface area (Å²) in [5, 5.41) is 12.8. The molecule has 1 amide bonds. The van der Waals surface area contributed by atoms with Gasteiger partial charge in [0.2, 0.25) is 0 Å². The van der Waals surface area contributed by atoms with Crippen LogP contribution in [0.25, 0.3) is 0 Å². The van der Waals surface area contributed by atoms with Gasteiger partial charge in [-0.1, -0.05) is 44.2 Å². The van der Waals surface area contributed by atoms with E-state index in [0.29, 0.717) is 12.1 Å². The number of aliphatic hydroxyl groups excluding tert-OH is 1. The molecule has 1 fully saturated rings. The summed E-state index contributed by atoms with van der Waals surface area (Å²) in [6.45, 7) is 8.55. The van der Waals surface area contributed by atoms with Gasteiger partial charge in [0.05, 0.1) is 0 Å². The second kappa shape index (κ2) is 8.30. The Bertz CT molecular complexity index is 453. The Morgan fingerprint density at radius 1 is 1.27 bits per heavy atom. The molecule has 4 heteroatoms. The van der Waals surface area contributed by atoms with Crippen LogP contribution in [0.4, 0.5) is 0 Å². The zero-order valence-corrected chi connectivity index (χ0v) is 13.7. The van der Waals surface area contributed by atoms with E-state index in [1.54, 1.807) is 12.1 Å². The lowest BCUT2D eigenvalue weighted by molar-refractivity contribution is -0.129. The fourth-order valence-electron chi connectivity index (χ4n) is 3.37. The van der Waals surface area contributed by atoms with Gasteiger partial charge in [0.15, 0.2) is 6.10 Å². The lowest BCUT2D eigenvalue weighted by Gasteiger charge is -2.34. The Balaban J connectivity index is 1.67. The van der Waals surface area contributed by atoms with Crippen molar-refractivity contribution in [3.63, 3.8) is 0 Å². The highest BCUT2D eigenvalue weighted by Crippen LogP contribution is 2.20. The van der Waals surface area contributed by atoms with Gasteiger partial charge in [-0.25, -0.2) is 0 Å². The van der Waals surface area contributed by atoms with Gasteiger partial charge in [0.1, 0.15) is 0 Å². The molecule has 22 heavy (non-hydrogen) atoms. The smallest absolute Gasteiger partial charge is 0.253 e. The highest BCUT2D eigenvalue weighted by molar-refractivity contribution is 5.81. The van der Waals surface area contributed by atoms with E-state index < -0.39 is 6.10 Å². The van der Waals surface area contributed by atoms with Gasteiger partial charge >= 0.3 is 0 Å². The van der Waals surface area contributed by atoms with Crippen molar-refractivity contribution in [1.82, 2.24) is 10.2 Å². The van der Waals surface area contributed by atoms with E-state index in [-0.39, 0.29) is 5.91 Å². The molecule has 1 aromatic rings. The Morgan fingerprint density at radius 3 is 2.55 bits per heavy atom. The second-order valence-corrected chi connectivity index (χ2v) is 6.66. The van der Waals surface area contributed by atoms with E-state index in [1.165, 1.54) is 6.42 Å². The Hall–Kier alpha value is -1.39. The van der Waals surface area contributed by atoms with E-state index in [9.17, 15) is 9.90 Å². The van der Waals surface area contributed by atoms with Crippen LogP contribution < -0.4 is 5.32 Å². The number of rotatable bonds is 6. The van der Waals surface area contributed by atoms with Crippen molar-refractivity contribution in [3.05, 3.63) is 35.9 Å². The van der Waals surface area contributed by atoms with Crippen molar-refractivity contribution >= 4 is 5.91 Å². The summed E-state index contributed by atoms with van der Waals surface area (Å²) < 4.78 is 0. The molecule has 3 unspecified atom stereocenters. The van der Waals surface area contributed by atoms with E-state index in [4.69, 9.17) is 0 Å². The standard InChI is InChI=1S/C18H28N2O2/c1-14-11-15(2)13-20(12-14)10-6-9-19-18(22)17(21)16-7-4-3-5-8-16/h3-5,7-8,14-15,17,21H,6,9-13H2,1-2H3,(H,19,22).